The molecule has 0 spiro atoms. The van der Waals surface area contributed by atoms with Gasteiger partial charge in [0, 0.05) is 12.8 Å². The number of rotatable bonds is 6. The third-order valence-corrected chi connectivity index (χ3v) is 5.85. The van der Waals surface area contributed by atoms with Crippen molar-refractivity contribution in [3.63, 3.8) is 0 Å². The Labute approximate surface area is 130 Å². The van der Waals surface area contributed by atoms with Gasteiger partial charge in [-0.2, -0.15) is 4.98 Å². The topological polar surface area (TPSA) is 73.1 Å². The van der Waals surface area contributed by atoms with Crippen molar-refractivity contribution in [1.29, 1.82) is 0 Å². The molecule has 1 atom stereocenters. The largest absolute Gasteiger partial charge is 0.339 e. The van der Waals surface area contributed by atoms with E-state index >= 15 is 0 Å². The summed E-state index contributed by atoms with van der Waals surface area (Å²) in [5.74, 6) is 1.94. The minimum Gasteiger partial charge on any atom is -0.339 e. The van der Waals surface area contributed by atoms with Gasteiger partial charge >= 0.3 is 0 Å². The highest BCUT2D eigenvalue weighted by Crippen LogP contribution is 2.22. The molecule has 1 aromatic carbocycles. The summed E-state index contributed by atoms with van der Waals surface area (Å²) in [7, 11) is -2.84. The van der Waals surface area contributed by atoms with E-state index in [1.807, 2.05) is 18.2 Å². The second kappa shape index (κ2) is 6.60. The van der Waals surface area contributed by atoms with Crippen LogP contribution in [0.4, 0.5) is 0 Å². The van der Waals surface area contributed by atoms with Crippen LogP contribution >= 0.6 is 0 Å². The van der Waals surface area contributed by atoms with E-state index in [0.717, 1.165) is 19.3 Å². The van der Waals surface area contributed by atoms with Gasteiger partial charge in [0.05, 0.1) is 11.5 Å². The van der Waals surface area contributed by atoms with Crippen molar-refractivity contribution in [2.45, 2.75) is 32.1 Å². The molecular formula is C16H20N2O3S. The Morgan fingerprint density at radius 3 is 2.73 bits per heavy atom. The lowest BCUT2D eigenvalue weighted by atomic mass is 10.1. The van der Waals surface area contributed by atoms with Gasteiger partial charge in [0.15, 0.2) is 15.7 Å². The summed E-state index contributed by atoms with van der Waals surface area (Å²) < 4.78 is 28.1. The number of aromatic nitrogens is 2. The normalized spacial score (nSPS) is 20.3. The number of nitrogens with zero attached hydrogens (tertiary/aromatic N) is 2. The Hall–Kier alpha value is -1.69. The lowest BCUT2D eigenvalue weighted by molar-refractivity contribution is 0.355. The maximum absolute atomic E-state index is 11.4. The molecule has 0 radical (unpaired) electrons. The maximum atomic E-state index is 11.4. The maximum Gasteiger partial charge on any atom is 0.226 e. The molecule has 0 bridgehead atoms. The molecule has 0 unspecified atom stereocenters. The Morgan fingerprint density at radius 1 is 1.18 bits per heavy atom. The van der Waals surface area contributed by atoms with Crippen LogP contribution in [0.1, 0.15) is 30.1 Å². The van der Waals surface area contributed by atoms with Gasteiger partial charge in [0.2, 0.25) is 5.89 Å². The van der Waals surface area contributed by atoms with Crippen LogP contribution in [0.5, 0.6) is 0 Å². The van der Waals surface area contributed by atoms with E-state index in [0.29, 0.717) is 24.6 Å². The number of sulfone groups is 1. The summed E-state index contributed by atoms with van der Waals surface area (Å²) >= 11 is 0. The molecule has 118 valence electrons. The van der Waals surface area contributed by atoms with Gasteiger partial charge in [-0.05, 0) is 30.7 Å². The van der Waals surface area contributed by atoms with Crippen molar-refractivity contribution in [2.75, 3.05) is 11.5 Å². The molecule has 1 saturated heterocycles. The highest BCUT2D eigenvalue weighted by molar-refractivity contribution is 7.91. The van der Waals surface area contributed by atoms with E-state index in [2.05, 4.69) is 22.3 Å². The van der Waals surface area contributed by atoms with Gasteiger partial charge in [-0.25, -0.2) is 8.42 Å². The average Bonchev–Trinajstić information content (AvgIpc) is 3.07. The lowest BCUT2D eigenvalue weighted by Gasteiger charge is -2.01. The smallest absolute Gasteiger partial charge is 0.226 e. The molecule has 2 heterocycles. The van der Waals surface area contributed by atoms with E-state index in [1.165, 1.54) is 5.56 Å². The zero-order valence-corrected chi connectivity index (χ0v) is 13.3. The molecule has 6 heteroatoms. The van der Waals surface area contributed by atoms with Crippen LogP contribution in [0.3, 0.4) is 0 Å². The fourth-order valence-electron chi connectivity index (χ4n) is 2.85. The first kappa shape index (κ1) is 15.2. The van der Waals surface area contributed by atoms with Crippen LogP contribution in [0.15, 0.2) is 34.9 Å². The summed E-state index contributed by atoms with van der Waals surface area (Å²) in [6, 6.07) is 10.3. The zero-order chi connectivity index (χ0) is 15.4. The molecule has 0 saturated carbocycles. The quantitative estimate of drug-likeness (QED) is 0.816. The molecule has 1 aliphatic heterocycles. The van der Waals surface area contributed by atoms with Gasteiger partial charge < -0.3 is 4.52 Å². The first-order valence-electron chi connectivity index (χ1n) is 7.66. The predicted molar refractivity (Wildman–Crippen MR) is 83.2 cm³/mol. The van der Waals surface area contributed by atoms with Crippen LogP contribution in [-0.4, -0.2) is 30.1 Å². The number of benzene rings is 1. The van der Waals surface area contributed by atoms with Crippen molar-refractivity contribution in [2.24, 2.45) is 5.92 Å². The molecule has 5 nitrogen and oxygen atoms in total. The van der Waals surface area contributed by atoms with Crippen molar-refractivity contribution >= 4 is 9.84 Å². The van der Waals surface area contributed by atoms with Crippen molar-refractivity contribution in [3.05, 3.63) is 47.6 Å². The molecule has 1 aromatic heterocycles. The Morgan fingerprint density at radius 2 is 2.00 bits per heavy atom. The highest BCUT2D eigenvalue weighted by atomic mass is 32.2. The van der Waals surface area contributed by atoms with E-state index in [4.69, 9.17) is 4.52 Å². The minimum atomic E-state index is -2.84. The van der Waals surface area contributed by atoms with Gasteiger partial charge in [-0.1, -0.05) is 35.5 Å². The van der Waals surface area contributed by atoms with Gasteiger partial charge in [-0.3, -0.25) is 0 Å². The van der Waals surface area contributed by atoms with E-state index < -0.39 is 9.84 Å². The fourth-order valence-corrected chi connectivity index (χ4v) is 4.71. The summed E-state index contributed by atoms with van der Waals surface area (Å²) in [6.07, 6.45) is 4.02. The number of hydrogen-bond acceptors (Lipinski definition) is 5. The molecule has 0 amide bonds. The first-order valence-corrected chi connectivity index (χ1v) is 9.49. The summed E-state index contributed by atoms with van der Waals surface area (Å²) in [6.45, 7) is 0. The minimum absolute atomic E-state index is 0.127. The molecule has 1 aliphatic rings. The van der Waals surface area contributed by atoms with E-state index in [-0.39, 0.29) is 17.4 Å². The van der Waals surface area contributed by atoms with Crippen LogP contribution in [0.2, 0.25) is 0 Å². The van der Waals surface area contributed by atoms with Crippen LogP contribution < -0.4 is 0 Å². The summed E-state index contributed by atoms with van der Waals surface area (Å²) in [4.78, 5) is 4.38. The molecule has 2 aromatic rings. The average molecular weight is 320 g/mol. The molecule has 22 heavy (non-hydrogen) atoms. The van der Waals surface area contributed by atoms with Crippen molar-refractivity contribution in [3.8, 4) is 0 Å². The van der Waals surface area contributed by atoms with Crippen molar-refractivity contribution in [1.82, 2.24) is 10.1 Å². The Bertz CT molecular complexity index is 710. The van der Waals surface area contributed by atoms with Crippen LogP contribution in [-0.2, 0) is 29.1 Å². The van der Waals surface area contributed by atoms with Crippen LogP contribution in [0.25, 0.3) is 0 Å². The standard InChI is InChI=1S/C16H20N2O3S/c19-22(20)10-9-14(12-22)11-16-17-15(18-21-16)8-4-7-13-5-2-1-3-6-13/h1-3,5-6,14H,4,7-12H2/t14-/m1/s1. The molecule has 0 N–H and O–H groups in total. The van der Waals surface area contributed by atoms with E-state index in [9.17, 15) is 8.42 Å². The highest BCUT2D eigenvalue weighted by Gasteiger charge is 2.29. The molecule has 3 rings (SSSR count). The van der Waals surface area contributed by atoms with Crippen molar-refractivity contribution < 1.29 is 12.9 Å². The second-order valence-corrected chi connectivity index (χ2v) is 8.15. The van der Waals surface area contributed by atoms with Gasteiger partial charge in [0.1, 0.15) is 0 Å². The zero-order valence-electron chi connectivity index (χ0n) is 12.4. The van der Waals surface area contributed by atoms with Gasteiger partial charge in [0.25, 0.3) is 0 Å². The number of hydrogen-bond donors (Lipinski definition) is 0. The molecule has 1 fully saturated rings. The third kappa shape index (κ3) is 4.16. The lowest BCUT2D eigenvalue weighted by Crippen LogP contribution is -2.07. The second-order valence-electron chi connectivity index (χ2n) is 5.92. The Kier molecular flexibility index (Phi) is 4.57. The fraction of sp³-hybridized carbons (Fsp3) is 0.500. The van der Waals surface area contributed by atoms with Gasteiger partial charge in [-0.15, -0.1) is 0 Å². The first-order chi connectivity index (χ1) is 10.6. The van der Waals surface area contributed by atoms with Crippen LogP contribution in [0, 0.1) is 5.92 Å². The summed E-state index contributed by atoms with van der Waals surface area (Å²) in [5.41, 5.74) is 1.31. The molecule has 0 aliphatic carbocycles. The Balaban J connectivity index is 1.47. The predicted octanol–water partition coefficient (Wildman–Crippen LogP) is 2.22. The SMILES string of the molecule is O=S1(=O)CC[C@H](Cc2nc(CCCc3ccccc3)no2)C1. The molecular weight excluding hydrogens is 300 g/mol. The monoisotopic (exact) mass is 320 g/mol. The third-order valence-electron chi connectivity index (χ3n) is 4.01. The number of aryl methyl sites for hydroxylation is 2. The van der Waals surface area contributed by atoms with E-state index in [1.54, 1.807) is 0 Å². The summed E-state index contributed by atoms with van der Waals surface area (Å²) in [5, 5.41) is 3.99.